The topological polar surface area (TPSA) is 205 Å². The number of amides is 4. The number of benzene rings is 2. The third-order valence-electron chi connectivity index (χ3n) is 6.49. The maximum Gasteiger partial charge on any atom is 0.326 e. The first-order valence-electron chi connectivity index (χ1n) is 12.5. The van der Waals surface area contributed by atoms with Crippen LogP contribution < -0.4 is 22.1 Å². The second-order valence-corrected chi connectivity index (χ2v) is 9.49. The third-order valence-corrected chi connectivity index (χ3v) is 6.49. The Morgan fingerprint density at radius 1 is 0.897 bits per heavy atom. The smallest absolute Gasteiger partial charge is 0.326 e. The van der Waals surface area contributed by atoms with Gasteiger partial charge >= 0.3 is 5.97 Å². The molecule has 8 N–H and O–H groups in total. The number of nitrogens with two attached hydrogens (primary N) is 2. The average Bonchev–Trinajstić information content (AvgIpc) is 3.39. The first-order valence-corrected chi connectivity index (χ1v) is 12.5. The van der Waals surface area contributed by atoms with Gasteiger partial charge in [-0.2, -0.15) is 0 Å². The highest BCUT2D eigenvalue weighted by molar-refractivity contribution is 5.96. The Morgan fingerprint density at radius 3 is 2.13 bits per heavy atom. The highest BCUT2D eigenvalue weighted by Gasteiger charge is 2.39. The predicted molar refractivity (Wildman–Crippen MR) is 140 cm³/mol. The van der Waals surface area contributed by atoms with Gasteiger partial charge in [-0.05, 0) is 42.5 Å². The molecule has 4 amide bonds. The number of nitrogens with zero attached hydrogens (tertiary/aromatic N) is 1. The van der Waals surface area contributed by atoms with E-state index < -0.39 is 60.2 Å². The van der Waals surface area contributed by atoms with Crippen molar-refractivity contribution in [2.45, 2.75) is 56.3 Å². The van der Waals surface area contributed by atoms with Crippen LogP contribution in [0.2, 0.25) is 0 Å². The van der Waals surface area contributed by atoms with Crippen LogP contribution in [0.3, 0.4) is 0 Å². The van der Waals surface area contributed by atoms with Gasteiger partial charge in [-0.25, -0.2) is 4.79 Å². The lowest BCUT2D eigenvalue weighted by atomic mass is 10.0. The molecule has 1 fully saturated rings. The zero-order chi connectivity index (χ0) is 28.5. The Labute approximate surface area is 225 Å². The van der Waals surface area contributed by atoms with Crippen LogP contribution in [0.25, 0.3) is 0 Å². The van der Waals surface area contributed by atoms with Crippen molar-refractivity contribution in [3.8, 4) is 5.75 Å². The van der Waals surface area contributed by atoms with E-state index in [-0.39, 0.29) is 31.6 Å². The molecule has 1 saturated heterocycles. The number of likely N-dealkylation sites (tertiary alicyclic amines) is 1. The zero-order valence-electron chi connectivity index (χ0n) is 21.3. The molecule has 0 aromatic heterocycles. The average molecular weight is 540 g/mol. The minimum Gasteiger partial charge on any atom is -0.508 e. The number of carboxylic acids is 1. The molecule has 0 saturated carbocycles. The Morgan fingerprint density at radius 2 is 1.51 bits per heavy atom. The summed E-state index contributed by atoms with van der Waals surface area (Å²) < 4.78 is 0. The summed E-state index contributed by atoms with van der Waals surface area (Å²) in [7, 11) is 0. The number of rotatable bonds is 12. The molecule has 12 nitrogen and oxygen atoms in total. The molecular weight excluding hydrogens is 506 g/mol. The third kappa shape index (κ3) is 8.27. The number of aromatic hydroxyl groups is 1. The quantitative estimate of drug-likeness (QED) is 0.205. The van der Waals surface area contributed by atoms with Crippen molar-refractivity contribution >= 4 is 29.6 Å². The van der Waals surface area contributed by atoms with Crippen molar-refractivity contribution in [2.24, 2.45) is 11.5 Å². The summed E-state index contributed by atoms with van der Waals surface area (Å²) in [4.78, 5) is 64.0. The number of carboxylic acid groups (broad SMARTS) is 1. The number of carbonyl (C=O) groups excluding carboxylic acids is 4. The minimum atomic E-state index is -1.41. The Hall–Kier alpha value is -4.45. The number of hydrogen-bond acceptors (Lipinski definition) is 7. The molecule has 208 valence electrons. The van der Waals surface area contributed by atoms with E-state index in [4.69, 9.17) is 11.5 Å². The van der Waals surface area contributed by atoms with Gasteiger partial charge in [0.05, 0.1) is 12.5 Å². The molecule has 2 aromatic rings. The van der Waals surface area contributed by atoms with Crippen LogP contribution in [0.5, 0.6) is 5.75 Å². The van der Waals surface area contributed by atoms with Gasteiger partial charge in [0.25, 0.3) is 0 Å². The van der Waals surface area contributed by atoms with Gasteiger partial charge in [-0.3, -0.25) is 19.2 Å². The highest BCUT2D eigenvalue weighted by atomic mass is 16.4. The number of primary amides is 1. The van der Waals surface area contributed by atoms with E-state index in [0.717, 1.165) is 4.90 Å². The molecule has 1 heterocycles. The lowest BCUT2D eigenvalue weighted by Crippen LogP contribution is -2.58. The largest absolute Gasteiger partial charge is 0.508 e. The maximum absolute atomic E-state index is 13.4. The van der Waals surface area contributed by atoms with E-state index in [9.17, 15) is 34.2 Å². The van der Waals surface area contributed by atoms with Crippen molar-refractivity contribution in [2.75, 3.05) is 6.54 Å². The molecule has 2 aromatic carbocycles. The van der Waals surface area contributed by atoms with E-state index in [2.05, 4.69) is 10.6 Å². The summed E-state index contributed by atoms with van der Waals surface area (Å²) in [6.07, 6.45) is 0.374. The van der Waals surface area contributed by atoms with Crippen molar-refractivity contribution in [1.82, 2.24) is 15.5 Å². The Balaban J connectivity index is 1.77. The summed E-state index contributed by atoms with van der Waals surface area (Å²) in [6.45, 7) is 0.164. The molecule has 12 heteroatoms. The summed E-state index contributed by atoms with van der Waals surface area (Å²) in [5.74, 6) is -4.08. The summed E-state index contributed by atoms with van der Waals surface area (Å²) in [6, 6.07) is 10.4. The van der Waals surface area contributed by atoms with Crippen molar-refractivity contribution in [1.29, 1.82) is 0 Å². The maximum atomic E-state index is 13.4. The first kappa shape index (κ1) is 29.1. The van der Waals surface area contributed by atoms with Crippen LogP contribution >= 0.6 is 0 Å². The van der Waals surface area contributed by atoms with E-state index in [1.165, 1.54) is 12.1 Å². The second kappa shape index (κ2) is 13.4. The molecular formula is C27H33N5O7. The first-order chi connectivity index (χ1) is 18.5. The van der Waals surface area contributed by atoms with E-state index in [0.29, 0.717) is 17.5 Å². The molecule has 0 aliphatic carbocycles. The second-order valence-electron chi connectivity index (χ2n) is 9.49. The number of aliphatic carboxylic acids is 1. The fraction of sp³-hybridized carbons (Fsp3) is 0.370. The van der Waals surface area contributed by atoms with Crippen molar-refractivity contribution in [3.05, 3.63) is 65.7 Å². The summed E-state index contributed by atoms with van der Waals surface area (Å²) >= 11 is 0. The monoisotopic (exact) mass is 539 g/mol. The van der Waals surface area contributed by atoms with Gasteiger partial charge in [0.15, 0.2) is 0 Å². The van der Waals surface area contributed by atoms with Crippen LogP contribution in [0, 0.1) is 0 Å². The molecule has 39 heavy (non-hydrogen) atoms. The normalized spacial score (nSPS) is 17.1. The Kier molecular flexibility index (Phi) is 9.98. The lowest BCUT2D eigenvalue weighted by molar-refractivity contribution is -0.149. The number of hydrogen-bond donors (Lipinski definition) is 6. The molecule has 1 aliphatic heterocycles. The van der Waals surface area contributed by atoms with Crippen molar-refractivity contribution in [3.63, 3.8) is 0 Å². The lowest BCUT2D eigenvalue weighted by Gasteiger charge is -2.28. The van der Waals surface area contributed by atoms with Crippen LogP contribution in [0.4, 0.5) is 0 Å². The summed E-state index contributed by atoms with van der Waals surface area (Å²) in [5.41, 5.74) is 12.8. The molecule has 0 radical (unpaired) electrons. The molecule has 1 aliphatic rings. The van der Waals surface area contributed by atoms with Gasteiger partial charge in [0, 0.05) is 13.0 Å². The van der Waals surface area contributed by atoms with Gasteiger partial charge in [0.2, 0.25) is 23.6 Å². The van der Waals surface area contributed by atoms with Crippen LogP contribution in [-0.2, 0) is 36.8 Å². The van der Waals surface area contributed by atoms with Gasteiger partial charge < -0.3 is 37.2 Å². The minimum absolute atomic E-state index is 0.0588. The molecule has 3 rings (SSSR count). The van der Waals surface area contributed by atoms with E-state index >= 15 is 0 Å². The SMILES string of the molecule is NC(=O)CC(NC(=O)C(Cc1ccccc1)NC(=O)C(N)Cc1ccc(O)cc1)C(=O)N1CCCC1C(=O)O. The fourth-order valence-corrected chi connectivity index (χ4v) is 4.48. The van der Waals surface area contributed by atoms with Gasteiger partial charge in [-0.1, -0.05) is 42.5 Å². The number of phenols is 1. The summed E-state index contributed by atoms with van der Waals surface area (Å²) in [5, 5.41) is 24.0. The van der Waals surface area contributed by atoms with Gasteiger partial charge in [0.1, 0.15) is 23.9 Å². The number of nitrogens with one attached hydrogen (secondary N) is 2. The predicted octanol–water partition coefficient (Wildman–Crippen LogP) is -0.575. The standard InChI is InChI=1S/C27H33N5O7/c28-19(13-17-8-10-18(33)11-9-17)24(35)30-20(14-16-5-2-1-3-6-16)25(36)31-21(15-23(29)34)26(37)32-12-4-7-22(32)27(38)39/h1-3,5-6,8-11,19-22,33H,4,7,12-15,28H2,(H2,29,34)(H,30,35)(H,31,36)(H,38,39). The number of phenolic OH excluding ortho intramolecular Hbond substituents is 1. The number of carbonyl (C=O) groups is 5. The molecule has 4 atom stereocenters. The van der Waals surface area contributed by atoms with Crippen LogP contribution in [-0.4, -0.2) is 75.4 Å². The Bertz CT molecular complexity index is 1190. The van der Waals surface area contributed by atoms with Crippen LogP contribution in [0.1, 0.15) is 30.4 Å². The highest BCUT2D eigenvalue weighted by Crippen LogP contribution is 2.19. The van der Waals surface area contributed by atoms with Gasteiger partial charge in [-0.15, -0.1) is 0 Å². The van der Waals surface area contributed by atoms with Crippen molar-refractivity contribution < 1.29 is 34.2 Å². The fourth-order valence-electron chi connectivity index (χ4n) is 4.48. The molecule has 0 bridgehead atoms. The van der Waals surface area contributed by atoms with E-state index in [1.54, 1.807) is 42.5 Å². The van der Waals surface area contributed by atoms with Crippen LogP contribution in [0.15, 0.2) is 54.6 Å². The van der Waals surface area contributed by atoms with E-state index in [1.807, 2.05) is 0 Å². The molecule has 0 spiro atoms. The molecule has 4 unspecified atom stereocenters. The zero-order valence-corrected chi connectivity index (χ0v) is 21.3.